The highest BCUT2D eigenvalue weighted by molar-refractivity contribution is 5.55. The fraction of sp³-hybridized carbons (Fsp3) is 0.111. The summed E-state index contributed by atoms with van der Waals surface area (Å²) in [7, 11) is 1.62. The molecule has 1 nitrogen and oxygen atoms in total. The fourth-order valence-corrected chi connectivity index (χ4v) is 0.804. The van der Waals surface area contributed by atoms with Gasteiger partial charge < -0.3 is 4.74 Å². The van der Waals surface area contributed by atoms with E-state index < -0.39 is 0 Å². The predicted molar refractivity (Wildman–Crippen MR) is 43.1 cm³/mol. The molecule has 1 rings (SSSR count). The molecule has 0 bridgehead atoms. The molecule has 1 heteroatoms. The second-order valence-corrected chi connectivity index (χ2v) is 1.91. The molecule has 0 amide bonds. The van der Waals surface area contributed by atoms with E-state index in [1.54, 1.807) is 13.2 Å². The van der Waals surface area contributed by atoms with E-state index in [2.05, 4.69) is 0 Å². The summed E-state index contributed by atoms with van der Waals surface area (Å²) in [4.78, 5) is 0. The van der Waals surface area contributed by atoms with Crippen LogP contribution in [0, 0.1) is 0 Å². The lowest BCUT2D eigenvalue weighted by Crippen LogP contribution is -1.84. The van der Waals surface area contributed by atoms with Gasteiger partial charge in [-0.2, -0.15) is 0 Å². The largest absolute Gasteiger partial charge is 0.496 e. The molecule has 10 heavy (non-hydrogen) atoms. The molecule has 0 aliphatic carbocycles. The maximum absolute atomic E-state index is 6.88. The first-order valence-electron chi connectivity index (χ1n) is 3.64. The minimum absolute atomic E-state index is 0.802. The van der Waals surface area contributed by atoms with Gasteiger partial charge in [0.2, 0.25) is 0 Å². The molecule has 0 heterocycles. The van der Waals surface area contributed by atoms with Crippen LogP contribution in [0.4, 0.5) is 0 Å². The molecule has 0 aliphatic rings. The van der Waals surface area contributed by atoms with Crippen molar-refractivity contribution in [2.24, 2.45) is 0 Å². The Morgan fingerprint density at radius 3 is 3.10 bits per heavy atom. The van der Waals surface area contributed by atoms with Gasteiger partial charge in [-0.3, -0.25) is 0 Å². The summed E-state index contributed by atoms with van der Waals surface area (Å²) in [6.45, 7) is 1.25. The van der Waals surface area contributed by atoms with Gasteiger partial charge in [0.15, 0.2) is 0 Å². The third-order valence-electron chi connectivity index (χ3n) is 1.32. The average Bonchev–Trinajstić information content (AvgIpc) is 2.06. The molecular formula is C9H10O. The zero-order valence-corrected chi connectivity index (χ0v) is 5.87. The number of hydrogen-bond acceptors (Lipinski definition) is 1. The minimum atomic E-state index is 0.802. The lowest BCUT2D eigenvalue weighted by atomic mass is 10.2. The van der Waals surface area contributed by atoms with Gasteiger partial charge in [0.1, 0.15) is 5.75 Å². The number of hydrogen-bond donors (Lipinski definition) is 0. The molecule has 0 aliphatic heterocycles. The Morgan fingerprint density at radius 2 is 2.40 bits per heavy atom. The molecule has 0 aromatic heterocycles. The van der Waals surface area contributed by atoms with Crippen LogP contribution in [-0.2, 0) is 0 Å². The molecular weight excluding hydrogens is 124 g/mol. The molecule has 1 aromatic carbocycles. The highest BCUT2D eigenvalue weighted by Crippen LogP contribution is 2.17. The van der Waals surface area contributed by atoms with E-state index in [0.717, 1.165) is 11.3 Å². The van der Waals surface area contributed by atoms with Crippen molar-refractivity contribution in [3.05, 3.63) is 36.4 Å². The highest BCUT2D eigenvalue weighted by Gasteiger charge is 1.93. The first-order valence-corrected chi connectivity index (χ1v) is 3.06. The summed E-state index contributed by atoms with van der Waals surface area (Å²) in [6, 6.07) is 7.59. The molecule has 0 radical (unpaired) electrons. The molecule has 1 aromatic rings. The quantitative estimate of drug-likeness (QED) is 0.604. The predicted octanol–water partition coefficient (Wildman–Crippen LogP) is 2.34. The molecule has 0 unspecified atom stereocenters. The fourth-order valence-electron chi connectivity index (χ4n) is 0.804. The van der Waals surface area contributed by atoms with Crippen molar-refractivity contribution >= 4 is 6.08 Å². The number of methoxy groups -OCH3 is 1. The van der Waals surface area contributed by atoms with Crippen molar-refractivity contribution in [1.82, 2.24) is 0 Å². The van der Waals surface area contributed by atoms with Gasteiger partial charge in [-0.05, 0) is 6.07 Å². The summed E-state index contributed by atoms with van der Waals surface area (Å²) in [5.74, 6) is 0.802. The van der Waals surface area contributed by atoms with E-state index in [4.69, 9.17) is 6.11 Å². The van der Waals surface area contributed by atoms with E-state index in [1.165, 1.54) is 6.55 Å². The molecule has 52 valence electrons. The van der Waals surface area contributed by atoms with Gasteiger partial charge in [0, 0.05) is 5.56 Å². The van der Waals surface area contributed by atoms with Crippen LogP contribution in [0.3, 0.4) is 0 Å². The summed E-state index contributed by atoms with van der Waals surface area (Å²) in [5, 5.41) is 0. The van der Waals surface area contributed by atoms with E-state index >= 15 is 0 Å². The Bertz CT molecular complexity index is 255. The lowest BCUT2D eigenvalue weighted by Gasteiger charge is -2.01. The van der Waals surface area contributed by atoms with Crippen molar-refractivity contribution in [3.8, 4) is 5.75 Å². The van der Waals surface area contributed by atoms with Gasteiger partial charge in [0.25, 0.3) is 0 Å². The van der Waals surface area contributed by atoms with Gasteiger partial charge in [-0.15, -0.1) is 0 Å². The normalized spacial score (nSPS) is 11.5. The smallest absolute Gasteiger partial charge is 0.126 e. The van der Waals surface area contributed by atoms with Gasteiger partial charge >= 0.3 is 0 Å². The Balaban J connectivity index is 3.02. The summed E-state index contributed by atoms with van der Waals surface area (Å²) >= 11 is 0. The number of para-hydroxylation sites is 1. The van der Waals surface area contributed by atoms with Crippen molar-refractivity contribution in [2.45, 2.75) is 0 Å². The van der Waals surface area contributed by atoms with E-state index in [1.807, 2.05) is 24.3 Å². The topological polar surface area (TPSA) is 9.23 Å². The highest BCUT2D eigenvalue weighted by atomic mass is 16.5. The van der Waals surface area contributed by atoms with Gasteiger partial charge in [-0.1, -0.05) is 30.8 Å². The number of ether oxygens (including phenoxy) is 1. The van der Waals surface area contributed by atoms with Crippen LogP contribution in [0.15, 0.2) is 30.8 Å². The molecule has 0 N–H and O–H groups in total. The van der Waals surface area contributed by atoms with Crippen molar-refractivity contribution in [3.63, 3.8) is 0 Å². The Labute approximate surface area is 62.4 Å². The van der Waals surface area contributed by atoms with Crippen LogP contribution >= 0.6 is 0 Å². The summed E-state index contributed by atoms with van der Waals surface area (Å²) < 4.78 is 11.9. The van der Waals surface area contributed by atoms with Gasteiger partial charge in [0.05, 0.1) is 8.48 Å². The third-order valence-corrected chi connectivity index (χ3v) is 1.32. The maximum atomic E-state index is 6.88. The zero-order chi connectivity index (χ0) is 8.10. The second-order valence-electron chi connectivity index (χ2n) is 1.91. The van der Waals surface area contributed by atoms with Crippen LogP contribution in [0.25, 0.3) is 6.08 Å². The molecule has 0 spiro atoms. The Morgan fingerprint density at radius 1 is 1.60 bits per heavy atom. The molecule has 0 fully saturated rings. The maximum Gasteiger partial charge on any atom is 0.126 e. The Hall–Kier alpha value is -1.24. The van der Waals surface area contributed by atoms with E-state index in [0.29, 0.717) is 0 Å². The molecule has 0 atom stereocenters. The average molecular weight is 135 g/mol. The van der Waals surface area contributed by atoms with Crippen LogP contribution in [0.1, 0.15) is 6.93 Å². The van der Waals surface area contributed by atoms with Gasteiger partial charge in [-0.25, -0.2) is 0 Å². The first kappa shape index (κ1) is 5.54. The monoisotopic (exact) mass is 135 g/mol. The summed E-state index contributed by atoms with van der Waals surface area (Å²) in [6.07, 6.45) is 1.69. The Kier molecular flexibility index (Phi) is 1.70. The third kappa shape index (κ3) is 1.18. The van der Waals surface area contributed by atoms with Crippen LogP contribution < -0.4 is 4.74 Å². The standard InChI is InChI=1S/C9H10O/c1-3-8-6-4-5-7-9(8)10-2/h3-7H,1H2,2H3/i1D. The first-order chi connectivity index (χ1) is 5.38. The summed E-state index contributed by atoms with van der Waals surface area (Å²) in [5.41, 5.74) is 0.935. The van der Waals surface area contributed by atoms with Crippen LogP contribution in [-0.4, -0.2) is 7.11 Å². The van der Waals surface area contributed by atoms with Crippen molar-refractivity contribution < 1.29 is 6.11 Å². The number of rotatable bonds is 2. The second kappa shape index (κ2) is 3.06. The SMILES string of the molecule is [2H]C=Cc1ccccc1OC. The molecule has 0 saturated carbocycles. The zero-order valence-electron chi connectivity index (χ0n) is 6.87. The lowest BCUT2D eigenvalue weighted by molar-refractivity contribution is 0.414. The number of benzene rings is 1. The minimum Gasteiger partial charge on any atom is -0.496 e. The van der Waals surface area contributed by atoms with Crippen molar-refractivity contribution in [1.29, 1.82) is 0 Å². The van der Waals surface area contributed by atoms with Crippen molar-refractivity contribution in [2.75, 3.05) is 7.11 Å². The van der Waals surface area contributed by atoms with Crippen LogP contribution in [0.2, 0.25) is 0 Å². The van der Waals surface area contributed by atoms with E-state index in [9.17, 15) is 0 Å². The van der Waals surface area contributed by atoms with Crippen LogP contribution in [0.5, 0.6) is 5.75 Å². The molecule has 0 saturated heterocycles. The van der Waals surface area contributed by atoms with E-state index in [-0.39, 0.29) is 0 Å².